The Morgan fingerprint density at radius 3 is 2.12 bits per heavy atom. The van der Waals surface area contributed by atoms with Crippen molar-refractivity contribution in [1.29, 1.82) is 0 Å². The summed E-state index contributed by atoms with van der Waals surface area (Å²) in [5, 5.41) is 3.98. The average molecular weight is 457 g/mol. The summed E-state index contributed by atoms with van der Waals surface area (Å²) < 4.78 is 21.2. The summed E-state index contributed by atoms with van der Waals surface area (Å²) in [5.74, 6) is 0.808. The number of methoxy groups -OCH3 is 3. The van der Waals surface area contributed by atoms with E-state index < -0.39 is 5.97 Å². The fourth-order valence-electron chi connectivity index (χ4n) is 3.11. The number of esters is 1. The lowest BCUT2D eigenvalue weighted by Gasteiger charge is -2.13. The van der Waals surface area contributed by atoms with Crippen LogP contribution >= 0.6 is 0 Å². The van der Waals surface area contributed by atoms with Crippen molar-refractivity contribution in [3.8, 4) is 23.0 Å². The standard InChI is InChI=1S/C25H32N2O6/c1-5-6-7-8-9-10-23(28)27-26-17-18-11-13-20(14-12-18)33-25(29)19-15-21(30-2)24(32-4)22(16-19)31-3/h11-17H,5-10H2,1-4H3,(H,27,28)/b26-17+. The molecule has 0 atom stereocenters. The zero-order valence-electron chi connectivity index (χ0n) is 19.7. The van der Waals surface area contributed by atoms with Crippen LogP contribution in [0.1, 0.15) is 61.4 Å². The third-order valence-electron chi connectivity index (χ3n) is 4.90. The number of ether oxygens (including phenoxy) is 4. The molecule has 0 aliphatic carbocycles. The number of amides is 1. The second kappa shape index (κ2) is 13.8. The van der Waals surface area contributed by atoms with Crippen LogP contribution in [0.2, 0.25) is 0 Å². The smallest absolute Gasteiger partial charge is 0.343 e. The number of hydrazone groups is 1. The highest BCUT2D eigenvalue weighted by Crippen LogP contribution is 2.38. The molecule has 2 rings (SSSR count). The van der Waals surface area contributed by atoms with Gasteiger partial charge in [0.15, 0.2) is 11.5 Å². The summed E-state index contributed by atoms with van der Waals surface area (Å²) in [6.07, 6.45) is 7.47. The molecule has 0 aliphatic heterocycles. The molecule has 0 saturated carbocycles. The molecule has 2 aromatic carbocycles. The molecule has 0 aliphatic rings. The van der Waals surface area contributed by atoms with Crippen LogP contribution in [0.15, 0.2) is 41.5 Å². The summed E-state index contributed by atoms with van der Waals surface area (Å²) >= 11 is 0. The van der Waals surface area contributed by atoms with Crippen molar-refractivity contribution in [3.05, 3.63) is 47.5 Å². The molecule has 2 aromatic rings. The Balaban J connectivity index is 1.91. The van der Waals surface area contributed by atoms with E-state index in [1.54, 1.807) is 30.5 Å². The van der Waals surface area contributed by atoms with Gasteiger partial charge >= 0.3 is 5.97 Å². The van der Waals surface area contributed by atoms with E-state index in [9.17, 15) is 9.59 Å². The van der Waals surface area contributed by atoms with Gasteiger partial charge in [0.1, 0.15) is 5.75 Å². The zero-order chi connectivity index (χ0) is 24.1. The highest BCUT2D eigenvalue weighted by molar-refractivity contribution is 5.93. The monoisotopic (exact) mass is 456 g/mol. The Kier molecular flexibility index (Phi) is 10.7. The lowest BCUT2D eigenvalue weighted by atomic mass is 10.1. The first-order valence-electron chi connectivity index (χ1n) is 11.0. The molecule has 0 bridgehead atoms. The van der Waals surface area contributed by atoms with E-state index in [-0.39, 0.29) is 11.5 Å². The number of rotatable bonds is 13. The summed E-state index contributed by atoms with van der Waals surface area (Å²) in [4.78, 5) is 24.4. The molecule has 8 nitrogen and oxygen atoms in total. The van der Waals surface area contributed by atoms with Crippen LogP contribution in [0.3, 0.4) is 0 Å². The number of carbonyl (C=O) groups excluding carboxylic acids is 2. The van der Waals surface area contributed by atoms with Gasteiger partial charge in [0.05, 0.1) is 33.1 Å². The number of unbranched alkanes of at least 4 members (excludes halogenated alkanes) is 4. The third-order valence-corrected chi connectivity index (χ3v) is 4.90. The van der Waals surface area contributed by atoms with E-state index in [1.807, 2.05) is 0 Å². The summed E-state index contributed by atoms with van der Waals surface area (Å²) in [6.45, 7) is 2.16. The molecular weight excluding hydrogens is 424 g/mol. The van der Waals surface area contributed by atoms with Crippen molar-refractivity contribution in [1.82, 2.24) is 5.43 Å². The van der Waals surface area contributed by atoms with Crippen LogP contribution in [0.25, 0.3) is 0 Å². The Bertz CT molecular complexity index is 915. The number of benzene rings is 2. The largest absolute Gasteiger partial charge is 0.493 e. The first-order chi connectivity index (χ1) is 16.0. The van der Waals surface area contributed by atoms with Gasteiger partial charge < -0.3 is 18.9 Å². The highest BCUT2D eigenvalue weighted by atomic mass is 16.5. The number of hydrogen-bond acceptors (Lipinski definition) is 7. The van der Waals surface area contributed by atoms with Crippen molar-refractivity contribution >= 4 is 18.1 Å². The van der Waals surface area contributed by atoms with Gasteiger partial charge in [-0.3, -0.25) is 4.79 Å². The molecule has 0 radical (unpaired) electrons. The van der Waals surface area contributed by atoms with Crippen molar-refractivity contribution in [3.63, 3.8) is 0 Å². The Morgan fingerprint density at radius 1 is 0.909 bits per heavy atom. The fraction of sp³-hybridized carbons (Fsp3) is 0.400. The van der Waals surface area contributed by atoms with E-state index >= 15 is 0 Å². The molecule has 8 heteroatoms. The first-order valence-corrected chi connectivity index (χ1v) is 11.0. The molecule has 178 valence electrons. The molecular formula is C25H32N2O6. The molecule has 0 fully saturated rings. The molecule has 1 amide bonds. The van der Waals surface area contributed by atoms with Gasteiger partial charge in [-0.25, -0.2) is 10.2 Å². The maximum absolute atomic E-state index is 12.6. The summed E-state index contributed by atoms with van der Waals surface area (Å²) in [5.41, 5.74) is 3.54. The van der Waals surface area contributed by atoms with Gasteiger partial charge in [0.25, 0.3) is 0 Å². The van der Waals surface area contributed by atoms with Crippen molar-refractivity contribution < 1.29 is 28.5 Å². The number of nitrogens with one attached hydrogen (secondary N) is 1. The van der Waals surface area contributed by atoms with Gasteiger partial charge in [-0.2, -0.15) is 5.10 Å². The number of nitrogens with zero attached hydrogens (tertiary/aromatic N) is 1. The molecule has 0 heterocycles. The fourth-order valence-corrected chi connectivity index (χ4v) is 3.11. The van der Waals surface area contributed by atoms with E-state index in [0.717, 1.165) is 24.8 Å². The topological polar surface area (TPSA) is 95.5 Å². The maximum atomic E-state index is 12.6. The van der Waals surface area contributed by atoms with Crippen LogP contribution in [0.5, 0.6) is 23.0 Å². The van der Waals surface area contributed by atoms with Gasteiger partial charge in [-0.15, -0.1) is 0 Å². The van der Waals surface area contributed by atoms with Gasteiger partial charge in [0, 0.05) is 6.42 Å². The Morgan fingerprint density at radius 2 is 1.55 bits per heavy atom. The average Bonchev–Trinajstić information content (AvgIpc) is 2.83. The van der Waals surface area contributed by atoms with Crippen LogP contribution in [-0.2, 0) is 4.79 Å². The van der Waals surface area contributed by atoms with Crippen LogP contribution in [0.4, 0.5) is 0 Å². The minimum absolute atomic E-state index is 0.0985. The Hall–Kier alpha value is -3.55. The lowest BCUT2D eigenvalue weighted by Crippen LogP contribution is -2.16. The normalized spacial score (nSPS) is 10.7. The quantitative estimate of drug-likeness (QED) is 0.154. The van der Waals surface area contributed by atoms with Gasteiger partial charge in [0.2, 0.25) is 11.7 Å². The first kappa shape index (κ1) is 25.7. The molecule has 0 spiro atoms. The minimum Gasteiger partial charge on any atom is -0.493 e. The SMILES string of the molecule is CCCCCCCC(=O)N/N=C/c1ccc(OC(=O)c2cc(OC)c(OC)c(OC)c2)cc1. The third kappa shape index (κ3) is 8.14. The van der Waals surface area contributed by atoms with Gasteiger partial charge in [-0.1, -0.05) is 32.6 Å². The van der Waals surface area contributed by atoms with E-state index in [4.69, 9.17) is 18.9 Å². The van der Waals surface area contributed by atoms with E-state index in [1.165, 1.54) is 46.3 Å². The minimum atomic E-state index is -0.568. The van der Waals surface area contributed by atoms with Crippen LogP contribution in [-0.4, -0.2) is 39.4 Å². The second-order valence-electron chi connectivity index (χ2n) is 7.33. The van der Waals surface area contributed by atoms with Crippen LogP contribution < -0.4 is 24.4 Å². The second-order valence-corrected chi connectivity index (χ2v) is 7.33. The molecule has 0 unspecified atom stereocenters. The van der Waals surface area contributed by atoms with Crippen LogP contribution in [0, 0.1) is 0 Å². The number of hydrogen-bond donors (Lipinski definition) is 1. The maximum Gasteiger partial charge on any atom is 0.343 e. The van der Waals surface area contributed by atoms with Crippen molar-refractivity contribution in [2.24, 2.45) is 5.10 Å². The molecule has 33 heavy (non-hydrogen) atoms. The number of carbonyl (C=O) groups is 2. The predicted octanol–water partition coefficient (Wildman–Crippen LogP) is 4.74. The van der Waals surface area contributed by atoms with E-state index in [2.05, 4.69) is 17.5 Å². The van der Waals surface area contributed by atoms with Crippen molar-refractivity contribution in [2.45, 2.75) is 45.4 Å². The molecule has 0 saturated heterocycles. The van der Waals surface area contributed by atoms with Crippen molar-refractivity contribution in [2.75, 3.05) is 21.3 Å². The molecule has 1 N–H and O–H groups in total. The predicted molar refractivity (Wildman–Crippen MR) is 127 cm³/mol. The molecule has 0 aromatic heterocycles. The summed E-state index contributed by atoms with van der Waals surface area (Å²) in [6, 6.07) is 9.81. The van der Waals surface area contributed by atoms with E-state index in [0.29, 0.717) is 29.4 Å². The summed E-state index contributed by atoms with van der Waals surface area (Å²) in [7, 11) is 4.44. The Labute approximate surface area is 194 Å². The highest BCUT2D eigenvalue weighted by Gasteiger charge is 2.18. The zero-order valence-corrected chi connectivity index (χ0v) is 19.7. The van der Waals surface area contributed by atoms with Gasteiger partial charge in [-0.05, 0) is 48.4 Å². The lowest BCUT2D eigenvalue weighted by molar-refractivity contribution is -0.121.